The van der Waals surface area contributed by atoms with Crippen LogP contribution in [0, 0.1) is 18.7 Å². The number of halogens is 1. The molecular weight excluding hydrogens is 467 g/mol. The molecule has 9 heteroatoms. The van der Waals surface area contributed by atoms with Gasteiger partial charge in [-0.25, -0.2) is 17.8 Å². The first-order chi connectivity index (χ1) is 16.8. The van der Waals surface area contributed by atoms with Gasteiger partial charge in [0.1, 0.15) is 11.6 Å². The number of rotatable bonds is 6. The molecule has 1 aliphatic carbocycles. The molecule has 2 fully saturated rings. The first kappa shape index (κ1) is 23.9. The van der Waals surface area contributed by atoms with Crippen LogP contribution in [0.5, 0.6) is 0 Å². The van der Waals surface area contributed by atoms with Crippen LogP contribution in [0.4, 0.5) is 4.39 Å². The van der Waals surface area contributed by atoms with E-state index in [2.05, 4.69) is 14.9 Å². The second-order valence-electron chi connectivity index (χ2n) is 9.64. The third-order valence-electron chi connectivity index (χ3n) is 7.35. The van der Waals surface area contributed by atoms with Crippen LogP contribution in [-0.4, -0.2) is 41.3 Å². The summed E-state index contributed by atoms with van der Waals surface area (Å²) in [4.78, 5) is 17.5. The quantitative estimate of drug-likeness (QED) is 0.549. The fraction of sp³-hybridized carbons (Fsp3) is 0.462. The standard InChI is InChI=1S/C26H31FN4O3S/c1-18-29-24-16-23(9-10-25(24)31(18)22-7-2-3-8-22)35(33,34)30-13-11-20(12-14-30)26(32)28-17-19-5-4-6-21(27)15-19/h4-6,9-10,15-16,20,22H,2-3,7-8,11-14,17H2,1H3,(H,28,32). The molecule has 1 N–H and O–H groups in total. The molecule has 35 heavy (non-hydrogen) atoms. The zero-order valence-corrected chi connectivity index (χ0v) is 20.7. The van der Waals surface area contributed by atoms with Crippen molar-refractivity contribution >= 4 is 27.0 Å². The lowest BCUT2D eigenvalue weighted by molar-refractivity contribution is -0.126. The maximum absolute atomic E-state index is 13.4. The summed E-state index contributed by atoms with van der Waals surface area (Å²) in [6, 6.07) is 11.8. The fourth-order valence-corrected chi connectivity index (χ4v) is 6.96. The topological polar surface area (TPSA) is 84.3 Å². The highest BCUT2D eigenvalue weighted by molar-refractivity contribution is 7.89. The lowest BCUT2D eigenvalue weighted by atomic mass is 9.97. The summed E-state index contributed by atoms with van der Waals surface area (Å²) in [5, 5.41) is 2.85. The van der Waals surface area contributed by atoms with Crippen LogP contribution in [0.1, 0.15) is 56.0 Å². The second-order valence-corrected chi connectivity index (χ2v) is 11.6. The maximum atomic E-state index is 13.4. The second kappa shape index (κ2) is 9.70. The van der Waals surface area contributed by atoms with Gasteiger partial charge < -0.3 is 9.88 Å². The Bertz CT molecular complexity index is 1340. The number of hydrogen-bond donors (Lipinski definition) is 1. The smallest absolute Gasteiger partial charge is 0.243 e. The van der Waals surface area contributed by atoms with Crippen molar-refractivity contribution in [2.45, 2.75) is 62.9 Å². The van der Waals surface area contributed by atoms with E-state index < -0.39 is 10.0 Å². The summed E-state index contributed by atoms with van der Waals surface area (Å²) in [6.45, 7) is 2.81. The van der Waals surface area contributed by atoms with Gasteiger partial charge in [0.25, 0.3) is 0 Å². The molecule has 2 aromatic carbocycles. The third kappa shape index (κ3) is 4.84. The molecule has 1 saturated carbocycles. The van der Waals surface area contributed by atoms with Crippen molar-refractivity contribution < 1.29 is 17.6 Å². The predicted molar refractivity (Wildman–Crippen MR) is 132 cm³/mol. The summed E-state index contributed by atoms with van der Waals surface area (Å²) in [5.74, 6) is 0.198. The highest BCUT2D eigenvalue weighted by atomic mass is 32.2. The van der Waals surface area contributed by atoms with Crippen LogP contribution < -0.4 is 5.32 Å². The molecule has 0 unspecified atom stereocenters. The van der Waals surface area contributed by atoms with Gasteiger partial charge >= 0.3 is 0 Å². The summed E-state index contributed by atoms with van der Waals surface area (Å²) in [6.07, 6.45) is 5.61. The molecule has 0 radical (unpaired) electrons. The Labute approximate surface area is 205 Å². The van der Waals surface area contributed by atoms with E-state index in [0.29, 0.717) is 30.0 Å². The molecule has 5 rings (SSSR count). The highest BCUT2D eigenvalue weighted by Crippen LogP contribution is 2.34. The third-order valence-corrected chi connectivity index (χ3v) is 9.24. The molecular formula is C26H31FN4O3S. The monoisotopic (exact) mass is 498 g/mol. The lowest BCUT2D eigenvalue weighted by Gasteiger charge is -2.30. The number of amides is 1. The Kier molecular flexibility index (Phi) is 6.63. The van der Waals surface area contributed by atoms with E-state index >= 15 is 0 Å². The number of carbonyl (C=O) groups excluding carboxylic acids is 1. The average molecular weight is 499 g/mol. The normalized spacial score (nSPS) is 18.3. The summed E-state index contributed by atoms with van der Waals surface area (Å²) in [7, 11) is -3.67. The first-order valence-corrected chi connectivity index (χ1v) is 13.8. The summed E-state index contributed by atoms with van der Waals surface area (Å²) >= 11 is 0. The number of aromatic nitrogens is 2. The van der Waals surface area contributed by atoms with Crippen LogP contribution in [0.25, 0.3) is 11.0 Å². The Morgan fingerprint density at radius 3 is 2.54 bits per heavy atom. The Balaban J connectivity index is 1.24. The van der Waals surface area contributed by atoms with Crippen LogP contribution in [0.3, 0.4) is 0 Å². The molecule has 1 amide bonds. The zero-order valence-electron chi connectivity index (χ0n) is 19.9. The van der Waals surface area contributed by atoms with Crippen molar-refractivity contribution in [2.75, 3.05) is 13.1 Å². The predicted octanol–water partition coefficient (Wildman–Crippen LogP) is 4.32. The van der Waals surface area contributed by atoms with Crippen molar-refractivity contribution in [3.05, 3.63) is 59.7 Å². The van der Waals surface area contributed by atoms with E-state index in [1.54, 1.807) is 24.3 Å². The lowest BCUT2D eigenvalue weighted by Crippen LogP contribution is -2.42. The number of benzene rings is 2. The van der Waals surface area contributed by atoms with Gasteiger partial charge in [-0.3, -0.25) is 4.79 Å². The highest BCUT2D eigenvalue weighted by Gasteiger charge is 2.32. The summed E-state index contributed by atoms with van der Waals surface area (Å²) in [5.41, 5.74) is 2.39. The minimum Gasteiger partial charge on any atom is -0.352 e. The van der Waals surface area contributed by atoms with Gasteiger partial charge in [0.2, 0.25) is 15.9 Å². The van der Waals surface area contributed by atoms with Crippen LogP contribution in [-0.2, 0) is 21.4 Å². The van der Waals surface area contributed by atoms with Gasteiger partial charge in [-0.1, -0.05) is 25.0 Å². The molecule has 2 heterocycles. The van der Waals surface area contributed by atoms with Crippen LogP contribution >= 0.6 is 0 Å². The largest absolute Gasteiger partial charge is 0.352 e. The maximum Gasteiger partial charge on any atom is 0.243 e. The number of piperidine rings is 1. The minimum absolute atomic E-state index is 0.124. The molecule has 1 aromatic heterocycles. The Morgan fingerprint density at radius 1 is 1.09 bits per heavy atom. The van der Waals surface area contributed by atoms with Crippen LogP contribution in [0.2, 0.25) is 0 Å². The number of nitrogens with zero attached hydrogens (tertiary/aromatic N) is 3. The van der Waals surface area contributed by atoms with E-state index in [9.17, 15) is 17.6 Å². The number of imidazole rings is 1. The van der Waals surface area contributed by atoms with E-state index in [0.717, 1.165) is 24.2 Å². The van der Waals surface area contributed by atoms with Crippen molar-refractivity contribution in [1.29, 1.82) is 0 Å². The molecule has 7 nitrogen and oxygen atoms in total. The van der Waals surface area contributed by atoms with E-state index in [4.69, 9.17) is 0 Å². The average Bonchev–Trinajstić information content (AvgIpc) is 3.49. The van der Waals surface area contributed by atoms with Crippen LogP contribution in [0.15, 0.2) is 47.4 Å². The molecule has 1 saturated heterocycles. The van der Waals surface area contributed by atoms with E-state index in [1.807, 2.05) is 13.0 Å². The van der Waals surface area contributed by atoms with Crippen molar-refractivity contribution in [1.82, 2.24) is 19.2 Å². The zero-order chi connectivity index (χ0) is 24.6. The van der Waals surface area contributed by atoms with Gasteiger partial charge in [-0.2, -0.15) is 4.31 Å². The number of hydrogen-bond acceptors (Lipinski definition) is 4. The molecule has 1 aliphatic heterocycles. The molecule has 2 aliphatic rings. The molecule has 0 atom stereocenters. The summed E-state index contributed by atoms with van der Waals surface area (Å²) < 4.78 is 43.8. The van der Waals surface area contributed by atoms with Gasteiger partial charge in [0.05, 0.1) is 15.9 Å². The molecule has 3 aromatic rings. The SMILES string of the molecule is Cc1nc2cc(S(=O)(=O)N3CCC(C(=O)NCc4cccc(F)c4)CC3)ccc2n1C1CCCC1. The van der Waals surface area contributed by atoms with Gasteiger partial charge in [-0.15, -0.1) is 0 Å². The minimum atomic E-state index is -3.67. The first-order valence-electron chi connectivity index (χ1n) is 12.3. The van der Waals surface area contributed by atoms with E-state index in [1.165, 1.54) is 29.3 Å². The number of fused-ring (bicyclic) bond motifs is 1. The number of sulfonamides is 1. The Hall–Kier alpha value is -2.78. The molecule has 0 bridgehead atoms. The van der Waals surface area contributed by atoms with Crippen molar-refractivity contribution in [3.63, 3.8) is 0 Å². The van der Waals surface area contributed by atoms with Crippen molar-refractivity contribution in [3.8, 4) is 0 Å². The van der Waals surface area contributed by atoms with E-state index in [-0.39, 0.29) is 42.2 Å². The number of aryl methyl sites for hydroxylation is 1. The molecule has 186 valence electrons. The number of carbonyl (C=O) groups is 1. The fourth-order valence-electron chi connectivity index (χ4n) is 5.47. The molecule has 0 spiro atoms. The number of nitrogens with one attached hydrogen (secondary N) is 1. The van der Waals surface area contributed by atoms with Gasteiger partial charge in [0, 0.05) is 31.6 Å². The van der Waals surface area contributed by atoms with Gasteiger partial charge in [-0.05, 0) is 68.5 Å². The van der Waals surface area contributed by atoms with Crippen molar-refractivity contribution in [2.24, 2.45) is 5.92 Å². The van der Waals surface area contributed by atoms with Gasteiger partial charge in [0.15, 0.2) is 0 Å². The Morgan fingerprint density at radius 2 is 1.83 bits per heavy atom.